The Balaban J connectivity index is 1.37. The van der Waals surface area contributed by atoms with Crippen molar-refractivity contribution in [3.63, 3.8) is 0 Å². The summed E-state index contributed by atoms with van der Waals surface area (Å²) in [5.74, 6) is 2.40. The van der Waals surface area contributed by atoms with Gasteiger partial charge in [0.15, 0.2) is 0 Å². The molecule has 1 amide bonds. The first-order chi connectivity index (χ1) is 13.3. The minimum Gasteiger partial charge on any atom is -0.380 e. The predicted octanol–water partition coefficient (Wildman–Crippen LogP) is 2.15. The van der Waals surface area contributed by atoms with Gasteiger partial charge in [-0.1, -0.05) is 30.3 Å². The summed E-state index contributed by atoms with van der Waals surface area (Å²) in [6.07, 6.45) is 3.24. The number of ether oxygens (including phenoxy) is 1. The predicted molar refractivity (Wildman–Crippen MR) is 110 cm³/mol. The highest BCUT2D eigenvalue weighted by Gasteiger charge is 2.32. The maximum Gasteiger partial charge on any atom is 0.242 e. The van der Waals surface area contributed by atoms with Crippen molar-refractivity contribution in [2.45, 2.75) is 37.4 Å². The molecular weight excluding hydrogens is 358 g/mol. The minimum atomic E-state index is -0.159. The van der Waals surface area contributed by atoms with Crippen LogP contribution < -0.4 is 5.32 Å². The lowest BCUT2D eigenvalue weighted by atomic mass is 10.00. The number of carbonyl (C=O) groups is 1. The van der Waals surface area contributed by atoms with Gasteiger partial charge in [0.25, 0.3) is 0 Å². The lowest BCUT2D eigenvalue weighted by Crippen LogP contribution is -2.51. The summed E-state index contributed by atoms with van der Waals surface area (Å²) in [6.45, 7) is 5.87. The number of benzene rings is 1. The maximum absolute atomic E-state index is 13.3. The second-order valence-electron chi connectivity index (χ2n) is 7.80. The molecule has 0 radical (unpaired) electrons. The fourth-order valence-corrected chi connectivity index (χ4v) is 5.43. The van der Waals surface area contributed by atoms with E-state index >= 15 is 0 Å². The van der Waals surface area contributed by atoms with Crippen LogP contribution in [0.15, 0.2) is 30.3 Å². The average molecular weight is 390 g/mol. The Bertz CT molecular complexity index is 595. The van der Waals surface area contributed by atoms with E-state index in [1.807, 2.05) is 30.0 Å². The number of amides is 1. The number of nitrogens with zero attached hydrogens (tertiary/aromatic N) is 2. The highest BCUT2D eigenvalue weighted by Crippen LogP contribution is 2.26. The Morgan fingerprint density at radius 1 is 1.07 bits per heavy atom. The molecule has 0 spiro atoms. The SMILES string of the molecule is O=C(NC1CCN([C@@H]2CCOC2)CC1)[C@@H](c1ccccc1)N1CCSCC1. The van der Waals surface area contributed by atoms with E-state index in [2.05, 4.69) is 27.2 Å². The van der Waals surface area contributed by atoms with Crippen molar-refractivity contribution in [3.8, 4) is 0 Å². The summed E-state index contributed by atoms with van der Waals surface area (Å²) >= 11 is 1.98. The molecule has 3 heterocycles. The Hall–Kier alpha value is -1.08. The first-order valence-electron chi connectivity index (χ1n) is 10.3. The van der Waals surface area contributed by atoms with Crippen molar-refractivity contribution < 1.29 is 9.53 Å². The van der Waals surface area contributed by atoms with Gasteiger partial charge in [-0.3, -0.25) is 14.6 Å². The van der Waals surface area contributed by atoms with Crippen molar-refractivity contribution in [2.75, 3.05) is 50.9 Å². The highest BCUT2D eigenvalue weighted by molar-refractivity contribution is 7.99. The molecule has 0 saturated carbocycles. The molecule has 3 saturated heterocycles. The molecule has 0 aromatic heterocycles. The highest BCUT2D eigenvalue weighted by atomic mass is 32.2. The molecule has 0 bridgehead atoms. The third-order valence-electron chi connectivity index (χ3n) is 6.07. The molecule has 0 aliphatic carbocycles. The van der Waals surface area contributed by atoms with Crippen molar-refractivity contribution in [3.05, 3.63) is 35.9 Å². The van der Waals surface area contributed by atoms with Crippen LogP contribution in [0.4, 0.5) is 0 Å². The van der Waals surface area contributed by atoms with Gasteiger partial charge < -0.3 is 10.1 Å². The van der Waals surface area contributed by atoms with Crippen LogP contribution >= 0.6 is 11.8 Å². The second kappa shape index (κ2) is 9.41. The molecule has 27 heavy (non-hydrogen) atoms. The van der Waals surface area contributed by atoms with E-state index < -0.39 is 0 Å². The molecule has 5 nitrogen and oxygen atoms in total. The molecule has 3 fully saturated rings. The molecule has 148 valence electrons. The van der Waals surface area contributed by atoms with Crippen LogP contribution in [-0.2, 0) is 9.53 Å². The van der Waals surface area contributed by atoms with Crippen LogP contribution in [0, 0.1) is 0 Å². The first kappa shape index (κ1) is 19.2. The Morgan fingerprint density at radius 3 is 2.48 bits per heavy atom. The number of carbonyl (C=O) groups excluding carboxylic acids is 1. The van der Waals surface area contributed by atoms with E-state index in [9.17, 15) is 4.79 Å². The van der Waals surface area contributed by atoms with Crippen LogP contribution in [0.25, 0.3) is 0 Å². The number of thioether (sulfide) groups is 1. The molecule has 3 aliphatic heterocycles. The fraction of sp³-hybridized carbons (Fsp3) is 0.667. The van der Waals surface area contributed by atoms with Gasteiger partial charge in [-0.05, 0) is 24.8 Å². The van der Waals surface area contributed by atoms with Crippen LogP contribution in [0.1, 0.15) is 30.9 Å². The molecule has 0 unspecified atom stereocenters. The van der Waals surface area contributed by atoms with Crippen LogP contribution in [0.2, 0.25) is 0 Å². The van der Waals surface area contributed by atoms with Crippen molar-refractivity contribution in [2.24, 2.45) is 0 Å². The fourth-order valence-electron chi connectivity index (χ4n) is 4.50. The van der Waals surface area contributed by atoms with Crippen molar-refractivity contribution in [1.29, 1.82) is 0 Å². The molecule has 1 aromatic rings. The van der Waals surface area contributed by atoms with Crippen LogP contribution in [-0.4, -0.2) is 78.7 Å². The van der Waals surface area contributed by atoms with Gasteiger partial charge >= 0.3 is 0 Å². The summed E-state index contributed by atoms with van der Waals surface area (Å²) < 4.78 is 5.53. The van der Waals surface area contributed by atoms with Gasteiger partial charge in [0.1, 0.15) is 6.04 Å². The van der Waals surface area contributed by atoms with E-state index in [0.717, 1.165) is 75.7 Å². The standard InChI is InChI=1S/C21H31N3O2S/c25-21(22-18-6-9-23(10-7-18)19-8-13-26-16-19)20(17-4-2-1-3-5-17)24-11-14-27-15-12-24/h1-5,18-20H,6-16H2,(H,22,25)/t19-,20-/m1/s1. The van der Waals surface area contributed by atoms with Gasteiger partial charge in [-0.2, -0.15) is 11.8 Å². The maximum atomic E-state index is 13.3. The topological polar surface area (TPSA) is 44.8 Å². The average Bonchev–Trinajstić information content (AvgIpc) is 3.25. The van der Waals surface area contributed by atoms with Crippen LogP contribution in [0.5, 0.6) is 0 Å². The number of piperidine rings is 1. The summed E-state index contributed by atoms with van der Waals surface area (Å²) in [7, 11) is 0. The third kappa shape index (κ3) is 4.86. The molecule has 3 aliphatic rings. The number of likely N-dealkylation sites (tertiary alicyclic amines) is 1. The molecular formula is C21H31N3O2S. The van der Waals surface area contributed by atoms with E-state index in [1.54, 1.807) is 0 Å². The number of nitrogens with one attached hydrogen (secondary N) is 1. The first-order valence-corrected chi connectivity index (χ1v) is 11.5. The molecule has 1 aromatic carbocycles. The lowest BCUT2D eigenvalue weighted by molar-refractivity contribution is -0.127. The lowest BCUT2D eigenvalue weighted by Gasteiger charge is -2.38. The Labute approximate surface area is 166 Å². The summed E-state index contributed by atoms with van der Waals surface area (Å²) in [5, 5.41) is 3.38. The quantitative estimate of drug-likeness (QED) is 0.836. The normalized spacial score (nSPS) is 26.7. The number of rotatable bonds is 5. The zero-order chi connectivity index (χ0) is 18.5. The summed E-state index contributed by atoms with van der Waals surface area (Å²) in [5.41, 5.74) is 1.11. The Morgan fingerprint density at radius 2 is 1.81 bits per heavy atom. The van der Waals surface area contributed by atoms with E-state index in [1.165, 1.54) is 0 Å². The van der Waals surface area contributed by atoms with Gasteiger partial charge in [0.2, 0.25) is 5.91 Å². The zero-order valence-corrected chi connectivity index (χ0v) is 16.8. The van der Waals surface area contributed by atoms with E-state index in [0.29, 0.717) is 12.1 Å². The minimum absolute atomic E-state index is 0.159. The van der Waals surface area contributed by atoms with Gasteiger partial charge in [0, 0.05) is 56.4 Å². The Kier molecular flexibility index (Phi) is 6.71. The van der Waals surface area contributed by atoms with Crippen LogP contribution in [0.3, 0.4) is 0 Å². The van der Waals surface area contributed by atoms with E-state index in [-0.39, 0.29) is 11.9 Å². The van der Waals surface area contributed by atoms with Crippen molar-refractivity contribution in [1.82, 2.24) is 15.1 Å². The smallest absolute Gasteiger partial charge is 0.242 e. The molecule has 4 rings (SSSR count). The summed E-state index contributed by atoms with van der Waals surface area (Å²) in [4.78, 5) is 18.2. The third-order valence-corrected chi connectivity index (χ3v) is 7.01. The zero-order valence-electron chi connectivity index (χ0n) is 16.0. The van der Waals surface area contributed by atoms with Gasteiger partial charge in [-0.15, -0.1) is 0 Å². The molecule has 2 atom stereocenters. The largest absolute Gasteiger partial charge is 0.380 e. The monoisotopic (exact) mass is 389 g/mol. The van der Waals surface area contributed by atoms with Gasteiger partial charge in [0.05, 0.1) is 6.61 Å². The number of hydrogen-bond acceptors (Lipinski definition) is 5. The van der Waals surface area contributed by atoms with Gasteiger partial charge in [-0.25, -0.2) is 0 Å². The number of hydrogen-bond donors (Lipinski definition) is 1. The molecule has 1 N–H and O–H groups in total. The summed E-state index contributed by atoms with van der Waals surface area (Å²) in [6, 6.07) is 11.0. The second-order valence-corrected chi connectivity index (χ2v) is 9.02. The van der Waals surface area contributed by atoms with E-state index in [4.69, 9.17) is 4.74 Å². The van der Waals surface area contributed by atoms with Crippen molar-refractivity contribution >= 4 is 17.7 Å². The molecule has 6 heteroatoms.